The second-order valence-corrected chi connectivity index (χ2v) is 8.74. The van der Waals surface area contributed by atoms with Crippen LogP contribution in [0.2, 0.25) is 10.0 Å². The highest BCUT2D eigenvalue weighted by atomic mass is 35.5. The van der Waals surface area contributed by atoms with E-state index in [0.717, 1.165) is 11.3 Å². The molecule has 1 heterocycles. The van der Waals surface area contributed by atoms with Gasteiger partial charge in [-0.05, 0) is 61.0 Å². The summed E-state index contributed by atoms with van der Waals surface area (Å²) in [6.07, 6.45) is 0. The lowest BCUT2D eigenvalue weighted by molar-refractivity contribution is -0.113. The molecule has 0 aliphatic heterocycles. The monoisotopic (exact) mass is 486 g/mol. The molecular weight excluding hydrogens is 470 g/mol. The summed E-state index contributed by atoms with van der Waals surface area (Å²) in [5.41, 5.74) is 2.49. The number of anilines is 1. The van der Waals surface area contributed by atoms with Crippen molar-refractivity contribution in [1.82, 2.24) is 14.8 Å². The number of aromatic nitrogens is 3. The average molecular weight is 487 g/mol. The van der Waals surface area contributed by atoms with Crippen molar-refractivity contribution in [2.75, 3.05) is 11.1 Å². The van der Waals surface area contributed by atoms with Gasteiger partial charge in [-0.1, -0.05) is 53.2 Å². The number of carbonyl (C=O) groups is 1. The fourth-order valence-corrected chi connectivity index (χ4v) is 4.07. The maximum absolute atomic E-state index is 13.7. The first-order chi connectivity index (χ1) is 15.4. The van der Waals surface area contributed by atoms with E-state index < -0.39 is 0 Å². The highest BCUT2D eigenvalue weighted by Gasteiger charge is 2.18. The van der Waals surface area contributed by atoms with Crippen LogP contribution in [0, 0.1) is 12.7 Å². The standard InChI is InChI=1S/C23H17Cl2FN4OS/c1-14-5-8-18(12-20(14)26)27-21(31)13-32-23-29-28-22(15-3-2-4-17(25)11-15)30(23)19-9-6-16(24)7-10-19/h2-12H,13H2,1H3,(H,27,31). The number of aryl methyl sites for hydroxylation is 1. The van der Waals surface area contributed by atoms with Crippen LogP contribution in [-0.4, -0.2) is 26.4 Å². The minimum Gasteiger partial charge on any atom is -0.325 e. The van der Waals surface area contributed by atoms with Crippen molar-refractivity contribution in [2.24, 2.45) is 0 Å². The SMILES string of the molecule is Cc1ccc(NC(=O)CSc2nnc(-c3cccc(Cl)c3)n2-c2ccc(Cl)cc2)cc1F. The zero-order valence-corrected chi connectivity index (χ0v) is 19.2. The maximum atomic E-state index is 13.7. The number of nitrogens with one attached hydrogen (secondary N) is 1. The molecule has 0 saturated heterocycles. The predicted molar refractivity (Wildman–Crippen MR) is 127 cm³/mol. The van der Waals surface area contributed by atoms with Gasteiger partial charge >= 0.3 is 0 Å². The van der Waals surface area contributed by atoms with Crippen LogP contribution in [0.1, 0.15) is 5.56 Å². The molecule has 4 rings (SSSR count). The van der Waals surface area contributed by atoms with Crippen LogP contribution in [-0.2, 0) is 4.79 Å². The smallest absolute Gasteiger partial charge is 0.234 e. The topological polar surface area (TPSA) is 59.8 Å². The Morgan fingerprint density at radius 1 is 1.03 bits per heavy atom. The van der Waals surface area contributed by atoms with Gasteiger partial charge in [0.15, 0.2) is 11.0 Å². The van der Waals surface area contributed by atoms with Gasteiger partial charge in [0.25, 0.3) is 0 Å². The highest BCUT2D eigenvalue weighted by Crippen LogP contribution is 2.30. The molecule has 3 aromatic carbocycles. The molecule has 0 aliphatic rings. The van der Waals surface area contributed by atoms with Crippen LogP contribution in [0.25, 0.3) is 17.1 Å². The summed E-state index contributed by atoms with van der Waals surface area (Å²) in [5, 5.41) is 13.0. The molecule has 162 valence electrons. The first-order valence-electron chi connectivity index (χ1n) is 9.57. The summed E-state index contributed by atoms with van der Waals surface area (Å²) in [5.74, 6) is -0.00724. The lowest BCUT2D eigenvalue weighted by Gasteiger charge is -2.11. The Bertz CT molecular complexity index is 1280. The second-order valence-electron chi connectivity index (χ2n) is 6.93. The van der Waals surface area contributed by atoms with Crippen molar-refractivity contribution in [3.63, 3.8) is 0 Å². The molecule has 0 atom stereocenters. The Labute approximate surface area is 198 Å². The van der Waals surface area contributed by atoms with Gasteiger partial charge in [-0.15, -0.1) is 10.2 Å². The van der Waals surface area contributed by atoms with Crippen LogP contribution < -0.4 is 5.32 Å². The van der Waals surface area contributed by atoms with E-state index in [1.807, 2.05) is 28.8 Å². The van der Waals surface area contributed by atoms with Crippen molar-refractivity contribution in [3.8, 4) is 17.1 Å². The lowest BCUT2D eigenvalue weighted by atomic mass is 10.2. The van der Waals surface area contributed by atoms with E-state index in [1.165, 1.54) is 17.8 Å². The van der Waals surface area contributed by atoms with Gasteiger partial charge in [-0.2, -0.15) is 0 Å². The molecule has 0 spiro atoms. The largest absolute Gasteiger partial charge is 0.325 e. The van der Waals surface area contributed by atoms with E-state index in [2.05, 4.69) is 15.5 Å². The third kappa shape index (κ3) is 5.12. The van der Waals surface area contributed by atoms with Gasteiger partial charge in [0.2, 0.25) is 5.91 Å². The third-order valence-electron chi connectivity index (χ3n) is 4.59. The first-order valence-corrected chi connectivity index (χ1v) is 11.3. The summed E-state index contributed by atoms with van der Waals surface area (Å²) >= 11 is 13.4. The van der Waals surface area contributed by atoms with Gasteiger partial charge in [-0.25, -0.2) is 4.39 Å². The quantitative estimate of drug-likeness (QED) is 0.319. The number of halogens is 3. The Morgan fingerprint density at radius 2 is 1.81 bits per heavy atom. The average Bonchev–Trinajstić information content (AvgIpc) is 3.19. The molecule has 9 heteroatoms. The third-order valence-corrected chi connectivity index (χ3v) is 6.00. The molecule has 0 unspecified atom stereocenters. The molecule has 0 saturated carbocycles. The fourth-order valence-electron chi connectivity index (χ4n) is 3.00. The summed E-state index contributed by atoms with van der Waals surface area (Å²) < 4.78 is 15.6. The van der Waals surface area contributed by atoms with E-state index in [4.69, 9.17) is 23.2 Å². The number of hydrogen-bond donors (Lipinski definition) is 1. The molecule has 0 fully saturated rings. The van der Waals surface area contributed by atoms with Crippen molar-refractivity contribution in [2.45, 2.75) is 12.1 Å². The summed E-state index contributed by atoms with van der Waals surface area (Å²) in [7, 11) is 0. The number of nitrogens with zero attached hydrogens (tertiary/aromatic N) is 3. The fraction of sp³-hybridized carbons (Fsp3) is 0.0870. The van der Waals surface area contributed by atoms with Gasteiger partial charge in [0, 0.05) is 27.0 Å². The van der Waals surface area contributed by atoms with Crippen molar-refractivity contribution in [3.05, 3.63) is 88.2 Å². The van der Waals surface area contributed by atoms with Crippen molar-refractivity contribution in [1.29, 1.82) is 0 Å². The lowest BCUT2D eigenvalue weighted by Crippen LogP contribution is -2.14. The molecular formula is C23H17Cl2FN4OS. The zero-order chi connectivity index (χ0) is 22.7. The highest BCUT2D eigenvalue weighted by molar-refractivity contribution is 7.99. The Morgan fingerprint density at radius 3 is 2.53 bits per heavy atom. The number of amides is 1. The number of thioether (sulfide) groups is 1. The van der Waals surface area contributed by atoms with Crippen LogP contribution in [0.5, 0.6) is 0 Å². The van der Waals surface area contributed by atoms with Gasteiger partial charge < -0.3 is 5.32 Å². The Balaban J connectivity index is 1.60. The number of carbonyl (C=O) groups excluding carboxylic acids is 1. The van der Waals surface area contributed by atoms with E-state index in [1.54, 1.807) is 43.3 Å². The summed E-state index contributed by atoms with van der Waals surface area (Å²) in [6, 6.07) is 19.1. The molecule has 32 heavy (non-hydrogen) atoms. The van der Waals surface area contributed by atoms with Crippen molar-refractivity contribution < 1.29 is 9.18 Å². The van der Waals surface area contributed by atoms with Crippen LogP contribution in [0.15, 0.2) is 71.9 Å². The normalized spacial score (nSPS) is 10.9. The van der Waals surface area contributed by atoms with Crippen LogP contribution >= 0.6 is 35.0 Å². The zero-order valence-electron chi connectivity index (χ0n) is 16.8. The first kappa shape index (κ1) is 22.3. The molecule has 1 N–H and O–H groups in total. The molecule has 5 nitrogen and oxygen atoms in total. The van der Waals surface area contributed by atoms with Crippen LogP contribution in [0.4, 0.5) is 10.1 Å². The molecule has 1 aromatic heterocycles. The van der Waals surface area contributed by atoms with E-state index >= 15 is 0 Å². The van der Waals surface area contributed by atoms with E-state index in [9.17, 15) is 9.18 Å². The second kappa shape index (κ2) is 9.73. The predicted octanol–water partition coefficient (Wildman–Crippen LogP) is 6.42. The number of hydrogen-bond acceptors (Lipinski definition) is 4. The van der Waals surface area contributed by atoms with E-state index in [-0.39, 0.29) is 17.5 Å². The summed E-state index contributed by atoms with van der Waals surface area (Å²) in [4.78, 5) is 12.4. The van der Waals surface area contributed by atoms with E-state index in [0.29, 0.717) is 32.3 Å². The summed E-state index contributed by atoms with van der Waals surface area (Å²) in [6.45, 7) is 1.66. The van der Waals surface area contributed by atoms with Gasteiger partial charge in [0.1, 0.15) is 5.82 Å². The maximum Gasteiger partial charge on any atom is 0.234 e. The van der Waals surface area contributed by atoms with Crippen LogP contribution in [0.3, 0.4) is 0 Å². The number of rotatable bonds is 6. The van der Waals surface area contributed by atoms with Crippen molar-refractivity contribution >= 4 is 46.6 Å². The number of benzene rings is 3. The molecule has 0 radical (unpaired) electrons. The minimum atomic E-state index is -0.371. The molecule has 0 bridgehead atoms. The Kier molecular flexibility index (Phi) is 6.79. The molecule has 0 aliphatic carbocycles. The minimum absolute atomic E-state index is 0.0662. The van der Waals surface area contributed by atoms with Gasteiger partial charge in [0.05, 0.1) is 5.75 Å². The molecule has 4 aromatic rings. The molecule has 1 amide bonds. The Hall–Kier alpha value is -2.87. The van der Waals surface area contributed by atoms with Gasteiger partial charge in [-0.3, -0.25) is 9.36 Å².